The molecule has 0 saturated carbocycles. The fourth-order valence-corrected chi connectivity index (χ4v) is 7.08. The Balaban J connectivity index is 1.46. The van der Waals surface area contributed by atoms with Gasteiger partial charge in [-0.25, -0.2) is 0 Å². The monoisotopic (exact) mass is 516 g/mol. The zero-order valence-electron chi connectivity index (χ0n) is 21.8. The molecule has 3 heterocycles. The number of fused-ring (bicyclic) bond motifs is 5. The maximum absolute atomic E-state index is 13.5. The van der Waals surface area contributed by atoms with Crippen LogP contribution in [0.4, 0.5) is 0 Å². The molecule has 4 aromatic rings. The highest BCUT2D eigenvalue weighted by atomic mass is 16.5. The van der Waals surface area contributed by atoms with Gasteiger partial charge >= 0.3 is 0 Å². The predicted molar refractivity (Wildman–Crippen MR) is 146 cm³/mol. The Morgan fingerprint density at radius 2 is 1.36 bits per heavy atom. The Hall–Kier alpha value is -4.26. The fraction of sp³-hybridized carbons (Fsp3) is 0.212. The van der Waals surface area contributed by atoms with Gasteiger partial charge in [0.05, 0.1) is 36.9 Å². The van der Waals surface area contributed by atoms with E-state index in [0.717, 1.165) is 22.4 Å². The molecule has 1 N–H and O–H groups in total. The molecule has 6 heteroatoms. The van der Waals surface area contributed by atoms with Gasteiger partial charge in [-0.1, -0.05) is 91.0 Å². The Kier molecular flexibility index (Phi) is 5.27. The fourth-order valence-electron chi connectivity index (χ4n) is 7.08. The highest BCUT2D eigenvalue weighted by molar-refractivity contribution is 6.26. The van der Waals surface area contributed by atoms with Gasteiger partial charge in [0.25, 0.3) is 0 Å². The van der Waals surface area contributed by atoms with Gasteiger partial charge in [0.1, 0.15) is 5.69 Å². The van der Waals surface area contributed by atoms with Crippen LogP contribution in [0.3, 0.4) is 0 Å². The van der Waals surface area contributed by atoms with Crippen molar-refractivity contribution >= 4 is 11.6 Å². The SMILES string of the molecule is COC1=C(C)C(=O)c2c(c(CO)c3n2C[C@H]2[C@@H]3N2C(c2ccccc2)(c2ccccc2)c2ccccc2)C1=O. The number of allylic oxidation sites excluding steroid dienone is 2. The topological polar surface area (TPSA) is 71.5 Å². The van der Waals surface area contributed by atoms with Crippen molar-refractivity contribution in [2.75, 3.05) is 7.11 Å². The van der Waals surface area contributed by atoms with Crippen LogP contribution < -0.4 is 0 Å². The molecule has 39 heavy (non-hydrogen) atoms. The molecule has 7 rings (SSSR count). The second-order valence-electron chi connectivity index (χ2n) is 10.4. The zero-order valence-corrected chi connectivity index (χ0v) is 21.8. The van der Waals surface area contributed by atoms with Crippen LogP contribution in [0.15, 0.2) is 102 Å². The van der Waals surface area contributed by atoms with Crippen LogP contribution in [-0.4, -0.2) is 39.3 Å². The Morgan fingerprint density at radius 3 is 1.82 bits per heavy atom. The largest absolute Gasteiger partial charge is 0.492 e. The van der Waals surface area contributed by atoms with E-state index in [9.17, 15) is 14.7 Å². The van der Waals surface area contributed by atoms with Gasteiger partial charge in [-0.15, -0.1) is 0 Å². The third-order valence-electron chi connectivity index (χ3n) is 8.64. The van der Waals surface area contributed by atoms with Gasteiger partial charge in [0.2, 0.25) is 11.6 Å². The van der Waals surface area contributed by atoms with Gasteiger partial charge in [-0.05, 0) is 23.6 Å². The third-order valence-corrected chi connectivity index (χ3v) is 8.64. The summed E-state index contributed by atoms with van der Waals surface area (Å²) in [5.74, 6) is -0.488. The molecule has 0 radical (unpaired) electrons. The average Bonchev–Trinajstić information content (AvgIpc) is 3.38. The summed E-state index contributed by atoms with van der Waals surface area (Å²) in [4.78, 5) is 29.4. The van der Waals surface area contributed by atoms with E-state index in [1.807, 2.05) is 22.8 Å². The minimum atomic E-state index is -0.609. The van der Waals surface area contributed by atoms with Crippen molar-refractivity contribution in [2.24, 2.45) is 0 Å². The number of Topliss-reactive ketones (excluding diaryl/α,β-unsaturated/α-hetero) is 2. The van der Waals surface area contributed by atoms with Gasteiger partial charge in [0.15, 0.2) is 5.76 Å². The van der Waals surface area contributed by atoms with Crippen molar-refractivity contribution in [2.45, 2.75) is 37.7 Å². The molecular formula is C33H28N2O4. The van der Waals surface area contributed by atoms with Gasteiger partial charge in [-0.3, -0.25) is 14.5 Å². The molecule has 1 aliphatic carbocycles. The summed E-state index contributed by atoms with van der Waals surface area (Å²) in [6.45, 7) is 1.87. The summed E-state index contributed by atoms with van der Waals surface area (Å²) >= 11 is 0. The molecule has 194 valence electrons. The van der Waals surface area contributed by atoms with E-state index in [1.165, 1.54) is 7.11 Å². The standard InChI is InChI=1S/C33H28N2O4/c1-20-30(37)29-26(31(38)32(20)39-2)24(19-36)27-28-25(18-34(27)29)35(28)33(21-12-6-3-7-13-21,22-14-8-4-9-15-22)23-16-10-5-11-17-23/h3-17,25,28,36H,18-19H2,1-2H3/t25-,28-,35?/m0/s1. The van der Waals surface area contributed by atoms with Crippen molar-refractivity contribution in [3.8, 4) is 0 Å². The maximum atomic E-state index is 13.5. The number of aromatic nitrogens is 1. The number of aliphatic hydroxyl groups is 1. The van der Waals surface area contributed by atoms with E-state index >= 15 is 0 Å². The number of rotatable bonds is 6. The normalized spacial score (nSPS) is 21.5. The van der Waals surface area contributed by atoms with Crippen LogP contribution in [0.2, 0.25) is 0 Å². The number of aliphatic hydroxyl groups excluding tert-OH is 1. The molecule has 3 atom stereocenters. The Bertz CT molecular complexity index is 1560. The van der Waals surface area contributed by atoms with E-state index in [4.69, 9.17) is 4.74 Å². The van der Waals surface area contributed by atoms with E-state index in [0.29, 0.717) is 23.4 Å². The van der Waals surface area contributed by atoms with Crippen molar-refractivity contribution in [1.82, 2.24) is 9.47 Å². The minimum absolute atomic E-state index is 0.0582. The lowest BCUT2D eigenvalue weighted by molar-refractivity contribution is 0.0900. The summed E-state index contributed by atoms with van der Waals surface area (Å²) < 4.78 is 7.32. The van der Waals surface area contributed by atoms with Crippen LogP contribution >= 0.6 is 0 Å². The molecule has 6 nitrogen and oxygen atoms in total. The first kappa shape index (κ1) is 23.8. The number of ether oxygens (including phenoxy) is 1. The zero-order chi connectivity index (χ0) is 26.9. The number of methoxy groups -OCH3 is 1. The molecule has 1 saturated heterocycles. The molecule has 1 aromatic heterocycles. The smallest absolute Gasteiger partial charge is 0.230 e. The number of nitrogens with zero attached hydrogens (tertiary/aromatic N) is 2. The van der Waals surface area contributed by atoms with Crippen LogP contribution in [0.5, 0.6) is 0 Å². The molecule has 1 unspecified atom stereocenters. The number of hydrogen-bond donors (Lipinski definition) is 1. The number of ketones is 2. The molecule has 3 aromatic carbocycles. The molecule has 1 fully saturated rings. The second kappa shape index (κ2) is 8.63. The van der Waals surface area contributed by atoms with E-state index in [1.54, 1.807) is 6.92 Å². The maximum Gasteiger partial charge on any atom is 0.230 e. The van der Waals surface area contributed by atoms with Crippen molar-refractivity contribution in [3.05, 3.63) is 142 Å². The van der Waals surface area contributed by atoms with Crippen molar-refractivity contribution < 1.29 is 19.4 Å². The number of carbonyl (C=O) groups excluding carboxylic acids is 2. The summed E-state index contributed by atoms with van der Waals surface area (Å²) in [6.07, 6.45) is 0. The van der Waals surface area contributed by atoms with Crippen molar-refractivity contribution in [1.29, 1.82) is 0 Å². The number of carbonyl (C=O) groups is 2. The summed E-state index contributed by atoms with van der Waals surface area (Å²) in [7, 11) is 1.41. The van der Waals surface area contributed by atoms with Gasteiger partial charge in [-0.2, -0.15) is 0 Å². The third kappa shape index (κ3) is 3.04. The average molecular weight is 517 g/mol. The molecule has 0 bridgehead atoms. The molecular weight excluding hydrogens is 488 g/mol. The highest BCUT2D eigenvalue weighted by Gasteiger charge is 2.66. The lowest BCUT2D eigenvalue weighted by Crippen LogP contribution is -2.40. The van der Waals surface area contributed by atoms with Crippen LogP contribution in [-0.2, 0) is 23.4 Å². The highest BCUT2D eigenvalue weighted by Crippen LogP contribution is 2.62. The Morgan fingerprint density at radius 1 is 0.846 bits per heavy atom. The first-order valence-corrected chi connectivity index (χ1v) is 13.2. The first-order chi connectivity index (χ1) is 19.1. The number of benzene rings is 3. The molecule has 0 spiro atoms. The Labute approximate surface area is 226 Å². The van der Waals surface area contributed by atoms with Gasteiger partial charge < -0.3 is 14.4 Å². The lowest BCUT2D eigenvalue weighted by Gasteiger charge is -2.39. The van der Waals surface area contributed by atoms with Crippen LogP contribution in [0.1, 0.15) is 61.8 Å². The van der Waals surface area contributed by atoms with Crippen LogP contribution in [0.25, 0.3) is 0 Å². The number of hydrogen-bond acceptors (Lipinski definition) is 5. The van der Waals surface area contributed by atoms with E-state index in [2.05, 4.69) is 77.7 Å². The van der Waals surface area contributed by atoms with Gasteiger partial charge in [0, 0.05) is 23.4 Å². The van der Waals surface area contributed by atoms with E-state index < -0.39 is 5.54 Å². The van der Waals surface area contributed by atoms with E-state index in [-0.39, 0.29) is 41.6 Å². The minimum Gasteiger partial charge on any atom is -0.492 e. The quantitative estimate of drug-likeness (QED) is 0.288. The molecule has 2 aliphatic heterocycles. The van der Waals surface area contributed by atoms with Crippen molar-refractivity contribution in [3.63, 3.8) is 0 Å². The summed E-state index contributed by atoms with van der Waals surface area (Å²) in [5.41, 5.74) is 5.16. The predicted octanol–water partition coefficient (Wildman–Crippen LogP) is 5.01. The first-order valence-electron chi connectivity index (χ1n) is 13.2. The summed E-state index contributed by atoms with van der Waals surface area (Å²) in [6, 6.07) is 31.4. The second-order valence-corrected chi connectivity index (χ2v) is 10.4. The molecule has 3 aliphatic rings. The molecule has 0 amide bonds. The summed E-state index contributed by atoms with van der Waals surface area (Å²) in [5, 5.41) is 10.6. The lowest BCUT2D eigenvalue weighted by atomic mass is 9.76. The van der Waals surface area contributed by atoms with Crippen LogP contribution in [0, 0.1) is 0 Å².